The fraction of sp³-hybridized carbons (Fsp3) is 0.0690. The minimum atomic E-state index is -0.721. The van der Waals surface area contributed by atoms with Crippen LogP contribution in [0.1, 0.15) is 46.9 Å². The van der Waals surface area contributed by atoms with Crippen LogP contribution >= 0.6 is 0 Å². The Morgan fingerprint density at radius 3 is 1.91 bits per heavy atom. The first kappa shape index (κ1) is 27.0. The van der Waals surface area contributed by atoms with E-state index in [1.807, 2.05) is 42.5 Å². The molecule has 0 aliphatic heterocycles. The van der Waals surface area contributed by atoms with Crippen molar-refractivity contribution in [3.63, 3.8) is 0 Å². The van der Waals surface area contributed by atoms with Gasteiger partial charge in [-0.3, -0.25) is 4.57 Å². The maximum absolute atomic E-state index is 9.28. The van der Waals surface area contributed by atoms with Gasteiger partial charge >= 0.3 is 0 Å². The van der Waals surface area contributed by atoms with E-state index in [9.17, 15) is 5.48 Å². The van der Waals surface area contributed by atoms with Gasteiger partial charge in [0.1, 0.15) is 5.82 Å². The molecule has 0 saturated heterocycles. The minimum absolute atomic E-state index is 0. The number of hydrogen-bond acceptors (Lipinski definition) is 2. The van der Waals surface area contributed by atoms with Crippen molar-refractivity contribution < 1.29 is 50.9 Å². The molecule has 0 radical (unpaired) electrons. The number of para-hydroxylation sites is 3. The number of nitrogens with zero attached hydrogens (tertiary/aromatic N) is 4. The molecular formula is C58H42N4OPt-2. The molecule has 64 heavy (non-hydrogen) atoms. The largest absolute Gasteiger partial charge is 0.510 e. The summed E-state index contributed by atoms with van der Waals surface area (Å²) in [5.41, 5.74) is 2.08. The number of pyridine rings is 1. The molecule has 3 heterocycles. The van der Waals surface area contributed by atoms with Crippen LogP contribution in [0.15, 0.2) is 200 Å². The van der Waals surface area contributed by atoms with Gasteiger partial charge in [0.25, 0.3) is 6.33 Å². The van der Waals surface area contributed by atoms with Crippen LogP contribution in [0.2, 0.25) is 0 Å². The van der Waals surface area contributed by atoms with Gasteiger partial charge in [-0.2, -0.15) is 18.2 Å². The van der Waals surface area contributed by atoms with Crippen molar-refractivity contribution in [3.05, 3.63) is 224 Å². The summed E-state index contributed by atoms with van der Waals surface area (Å²) in [4.78, 5) is 4.79. The van der Waals surface area contributed by atoms with Crippen molar-refractivity contribution in [1.29, 1.82) is 0 Å². The van der Waals surface area contributed by atoms with Gasteiger partial charge in [-0.25, -0.2) is 4.98 Å². The molecule has 8 aromatic carbocycles. The zero-order valence-corrected chi connectivity index (χ0v) is 36.7. The molecule has 5 nitrogen and oxygen atoms in total. The van der Waals surface area contributed by atoms with Crippen molar-refractivity contribution in [2.75, 3.05) is 0 Å². The molecule has 0 amide bonds. The summed E-state index contributed by atoms with van der Waals surface area (Å²) < 4.78 is 144. The molecular weight excluding hydrogens is 964 g/mol. The Labute approximate surface area is 408 Å². The van der Waals surface area contributed by atoms with E-state index in [0.29, 0.717) is 28.3 Å². The summed E-state index contributed by atoms with van der Waals surface area (Å²) in [5, 5.41) is 1.94. The fourth-order valence-electron chi connectivity index (χ4n) is 7.89. The van der Waals surface area contributed by atoms with Gasteiger partial charge in [-0.1, -0.05) is 159 Å². The Kier molecular flexibility index (Phi) is 7.06. The predicted octanol–water partition coefficient (Wildman–Crippen LogP) is 13.9. The van der Waals surface area contributed by atoms with Gasteiger partial charge in [0.05, 0.1) is 37.3 Å². The molecule has 0 unspecified atom stereocenters. The topological polar surface area (TPSA) is 35.9 Å². The van der Waals surface area contributed by atoms with Crippen LogP contribution < -0.4 is 9.30 Å². The van der Waals surface area contributed by atoms with Crippen molar-refractivity contribution >= 4 is 32.8 Å². The second-order valence-corrected chi connectivity index (χ2v) is 15.8. The molecule has 0 N–H and O–H groups in total. The third-order valence-electron chi connectivity index (χ3n) is 10.8. The van der Waals surface area contributed by atoms with E-state index in [1.54, 1.807) is 53.2 Å². The summed E-state index contributed by atoms with van der Waals surface area (Å²) >= 11 is 0. The smallest absolute Gasteiger partial charge is 0.268 e. The summed E-state index contributed by atoms with van der Waals surface area (Å²) in [5.74, 6) is 1.36. The first-order valence-corrected chi connectivity index (χ1v) is 20.1. The Morgan fingerprint density at radius 2 is 1.22 bits per heavy atom. The fourth-order valence-corrected chi connectivity index (χ4v) is 7.89. The van der Waals surface area contributed by atoms with Crippen LogP contribution in [0.5, 0.6) is 11.5 Å². The monoisotopic (exact) mass is 1020 g/mol. The zero-order chi connectivity index (χ0) is 55.5. The number of fused-ring (bicyclic) bond motifs is 4. The number of ether oxygens (including phenoxy) is 1. The van der Waals surface area contributed by atoms with Gasteiger partial charge in [0, 0.05) is 44.3 Å². The quantitative estimate of drug-likeness (QED) is 0.112. The maximum atomic E-state index is 9.28. The van der Waals surface area contributed by atoms with Crippen molar-refractivity contribution in [2.24, 2.45) is 0 Å². The van der Waals surface area contributed by atoms with Crippen LogP contribution in [0.25, 0.3) is 83.4 Å². The Balaban J connectivity index is 0.00000704. The van der Waals surface area contributed by atoms with Gasteiger partial charge in [-0.05, 0) is 85.8 Å². The molecule has 0 bridgehead atoms. The van der Waals surface area contributed by atoms with E-state index in [2.05, 4.69) is 49.9 Å². The summed E-state index contributed by atoms with van der Waals surface area (Å²) in [6.45, 7) is 6.43. The van der Waals surface area contributed by atoms with Crippen LogP contribution in [0.3, 0.4) is 0 Å². The molecule has 312 valence electrons. The summed E-state index contributed by atoms with van der Waals surface area (Å²) in [7, 11) is 0. The van der Waals surface area contributed by atoms with E-state index >= 15 is 0 Å². The normalized spacial score (nSPS) is 14.8. The minimum Gasteiger partial charge on any atom is -0.510 e. The summed E-state index contributed by atoms with van der Waals surface area (Å²) in [6, 6.07) is 27.1. The van der Waals surface area contributed by atoms with E-state index < -0.39 is 102 Å². The second kappa shape index (κ2) is 16.7. The molecule has 11 rings (SSSR count). The SMILES string of the molecule is [2H]c1c([2H])c([2H])c(-c2cc(-c3c([2H])c([2H])c([2H])c([2H])c3[2H])c(-[n+]3[c-]n(-c4[c-]c(Oc5[c-]c6c(cc5)c5ccccc5n6-c5cc(C(C)(C)C)ccn5)ccc4)c4ccccc43)c(-c3c([2H])c([2H])c([2H])c([2H])c3[2H])c2)c([2H])c1[2H].[Pt]. The molecule has 0 saturated carbocycles. The molecule has 0 spiro atoms. The Hall–Kier alpha value is -7.33. The van der Waals surface area contributed by atoms with Gasteiger partial charge in [-0.15, -0.1) is 29.7 Å². The Bertz CT molecular complexity index is 4200. The average Bonchev–Trinajstić information content (AvgIpc) is 4.20. The molecule has 0 aliphatic carbocycles. The predicted molar refractivity (Wildman–Crippen MR) is 255 cm³/mol. The molecule has 3 aromatic heterocycles. The van der Waals surface area contributed by atoms with E-state index in [-0.39, 0.29) is 60.2 Å². The summed E-state index contributed by atoms with van der Waals surface area (Å²) in [6.07, 6.45) is 5.14. The maximum Gasteiger partial charge on any atom is 0.268 e. The van der Waals surface area contributed by atoms with E-state index in [4.69, 9.17) is 24.8 Å². The second-order valence-electron chi connectivity index (χ2n) is 15.8. The van der Waals surface area contributed by atoms with Crippen LogP contribution in [0.4, 0.5) is 0 Å². The van der Waals surface area contributed by atoms with E-state index in [0.717, 1.165) is 27.4 Å². The van der Waals surface area contributed by atoms with Crippen LogP contribution in [0, 0.1) is 18.5 Å². The van der Waals surface area contributed by atoms with Crippen LogP contribution in [-0.2, 0) is 26.5 Å². The van der Waals surface area contributed by atoms with Gasteiger partial charge in [0.15, 0.2) is 0 Å². The molecule has 0 aliphatic rings. The molecule has 11 aromatic rings. The van der Waals surface area contributed by atoms with Crippen molar-refractivity contribution in [2.45, 2.75) is 26.2 Å². The number of aromatic nitrogens is 4. The molecule has 0 fully saturated rings. The first-order chi connectivity index (χ1) is 37.1. The number of imidazole rings is 1. The van der Waals surface area contributed by atoms with Gasteiger partial charge in [0.2, 0.25) is 0 Å². The Morgan fingerprint density at radius 1 is 0.594 bits per heavy atom. The van der Waals surface area contributed by atoms with Crippen molar-refractivity contribution in [1.82, 2.24) is 14.1 Å². The average molecular weight is 1020 g/mol. The molecule has 0 atom stereocenters. The number of hydrogen-bond donors (Lipinski definition) is 0. The zero-order valence-electron chi connectivity index (χ0n) is 49.4. The standard InChI is InChI=1S/C58H42N4O.Pt/c1-58(2,3)44-32-33-59-56(36-44)62-52-27-14-13-26-48(52)49-31-30-47(38-55(49)62)63-46-25-17-24-45(37-46)60-39-61(54-29-16-15-28-53(54)60)57-50(41-20-9-5-10-21-41)34-43(40-18-7-4-8-19-40)35-51(57)42-22-11-6-12-23-42;/h4-36H,1-3H3;/q-2;/i4D,5D,6D,7D,8D,9D,10D,11D,12D,18D,19D,20D,21D,22D,23D;. The number of benzene rings is 8. The van der Waals surface area contributed by atoms with E-state index in [1.165, 1.54) is 16.7 Å². The number of rotatable bonds is 8. The first-order valence-electron chi connectivity index (χ1n) is 27.6. The third kappa shape index (κ3) is 7.42. The molecule has 6 heteroatoms. The third-order valence-corrected chi connectivity index (χ3v) is 10.8. The van der Waals surface area contributed by atoms with Crippen LogP contribution in [-0.4, -0.2) is 14.1 Å². The van der Waals surface area contributed by atoms with Gasteiger partial charge < -0.3 is 13.9 Å². The van der Waals surface area contributed by atoms with Crippen molar-refractivity contribution in [3.8, 4) is 62.1 Å².